The molecule has 0 bridgehead atoms. The summed E-state index contributed by atoms with van der Waals surface area (Å²) in [5.41, 5.74) is 0. The van der Waals surface area contributed by atoms with E-state index in [9.17, 15) is 26.3 Å². The molecule has 2 aromatic carbocycles. The molecule has 2 aromatic rings. The van der Waals surface area contributed by atoms with Crippen molar-refractivity contribution in [2.75, 3.05) is 0 Å². The quantitative estimate of drug-likeness (QED) is 0.185. The fraction of sp³-hybridized carbons (Fsp3) is 0.273. The summed E-state index contributed by atoms with van der Waals surface area (Å²) in [5.74, 6) is -0.135. The van der Waals surface area contributed by atoms with Gasteiger partial charge in [0.1, 0.15) is 11.5 Å². The van der Waals surface area contributed by atoms with Crippen molar-refractivity contribution in [2.24, 2.45) is 0 Å². The lowest BCUT2D eigenvalue weighted by atomic mass is 10.3. The highest BCUT2D eigenvalue weighted by Gasteiger charge is 2.41. The third-order valence-corrected chi connectivity index (χ3v) is 16.3. The fourth-order valence-corrected chi connectivity index (χ4v) is 16.8. The standard InChI is InChI=1S/C22H26F6O4Si3/c1-33(2,17-11-7-15(8-12-17)29-21(27)19(23)24)31-35(5,6)32-34(3,4)18-13-9-16(10-14-18)30-22(28)20(25)26/h7-14H,1-6H3. The Hall–Kier alpha value is -2.33. The molecule has 0 saturated carbocycles. The van der Waals surface area contributed by atoms with Gasteiger partial charge in [0, 0.05) is 0 Å². The summed E-state index contributed by atoms with van der Waals surface area (Å²) in [6, 6.07) is 8.23. The van der Waals surface area contributed by atoms with E-state index >= 15 is 0 Å². The van der Waals surface area contributed by atoms with Crippen LogP contribution in [-0.2, 0) is 8.23 Å². The Kier molecular flexibility index (Phi) is 9.22. The number of hydrogen-bond acceptors (Lipinski definition) is 4. The third-order valence-electron chi connectivity index (χ3n) is 4.81. The number of rotatable bonds is 10. The zero-order chi connectivity index (χ0) is 26.6. The SMILES string of the molecule is C[Si](C)(O[Si](C)(C)c1ccc(OC(F)=C(F)F)cc1)O[Si](C)(C)c1ccc(OC(F)=C(F)F)cc1. The molecule has 0 N–H and O–H groups in total. The van der Waals surface area contributed by atoms with Crippen molar-refractivity contribution in [1.82, 2.24) is 0 Å². The first kappa shape index (κ1) is 28.9. The lowest BCUT2D eigenvalue weighted by Gasteiger charge is -2.39. The maximum atomic E-state index is 13.0. The average molecular weight is 553 g/mol. The molecule has 0 atom stereocenters. The topological polar surface area (TPSA) is 36.9 Å². The highest BCUT2D eigenvalue weighted by molar-refractivity contribution is 6.95. The summed E-state index contributed by atoms with van der Waals surface area (Å²) < 4.78 is 96.9. The van der Waals surface area contributed by atoms with Crippen LogP contribution in [0.4, 0.5) is 26.3 Å². The van der Waals surface area contributed by atoms with Crippen LogP contribution in [0.25, 0.3) is 0 Å². The van der Waals surface area contributed by atoms with Crippen LogP contribution in [0.2, 0.25) is 39.3 Å². The molecule has 35 heavy (non-hydrogen) atoms. The second-order valence-corrected chi connectivity index (χ2v) is 20.6. The molecule has 0 heterocycles. The van der Waals surface area contributed by atoms with Crippen LogP contribution < -0.4 is 19.8 Å². The first-order valence-corrected chi connectivity index (χ1v) is 19.0. The summed E-state index contributed by atoms with van der Waals surface area (Å²) in [4.78, 5) is 0. The van der Waals surface area contributed by atoms with Gasteiger partial charge in [-0.3, -0.25) is 0 Å². The van der Waals surface area contributed by atoms with Crippen LogP contribution in [0.1, 0.15) is 0 Å². The van der Waals surface area contributed by atoms with E-state index < -0.39 is 49.4 Å². The van der Waals surface area contributed by atoms with E-state index in [1.54, 1.807) is 24.3 Å². The van der Waals surface area contributed by atoms with E-state index in [-0.39, 0.29) is 11.5 Å². The first-order chi connectivity index (χ1) is 16.0. The van der Waals surface area contributed by atoms with Crippen LogP contribution in [0.15, 0.2) is 72.7 Å². The van der Waals surface area contributed by atoms with Crippen LogP contribution in [-0.4, -0.2) is 25.2 Å². The van der Waals surface area contributed by atoms with Gasteiger partial charge in [-0.05, 0) is 73.9 Å². The summed E-state index contributed by atoms with van der Waals surface area (Å²) in [7, 11) is -7.77. The first-order valence-electron chi connectivity index (χ1n) is 10.4. The van der Waals surface area contributed by atoms with Gasteiger partial charge in [-0.25, -0.2) is 0 Å². The minimum absolute atomic E-state index is 0.0674. The maximum absolute atomic E-state index is 13.0. The highest BCUT2D eigenvalue weighted by atomic mass is 28.5. The number of hydrogen-bond donors (Lipinski definition) is 0. The summed E-state index contributed by atoms with van der Waals surface area (Å²) in [6.07, 6.45) is -5.08. The lowest BCUT2D eigenvalue weighted by Crippen LogP contribution is -2.59. The lowest BCUT2D eigenvalue weighted by molar-refractivity contribution is 0.241. The van der Waals surface area contributed by atoms with E-state index in [0.717, 1.165) is 10.4 Å². The predicted molar refractivity (Wildman–Crippen MR) is 129 cm³/mol. The molecule has 2 rings (SSSR count). The van der Waals surface area contributed by atoms with Crippen LogP contribution in [0.3, 0.4) is 0 Å². The minimum atomic E-state index is -2.72. The molecule has 13 heteroatoms. The normalized spacial score (nSPS) is 12.2. The molecule has 0 aliphatic carbocycles. The Morgan fingerprint density at radius 2 is 0.800 bits per heavy atom. The summed E-state index contributed by atoms with van der Waals surface area (Å²) >= 11 is 0. The van der Waals surface area contributed by atoms with Crippen molar-refractivity contribution >= 4 is 35.6 Å². The molecule has 0 unspecified atom stereocenters. The van der Waals surface area contributed by atoms with Gasteiger partial charge in [0.2, 0.25) is 16.6 Å². The minimum Gasteiger partial charge on any atom is -0.433 e. The molecule has 0 amide bonds. The highest BCUT2D eigenvalue weighted by Crippen LogP contribution is 2.24. The van der Waals surface area contributed by atoms with Crippen LogP contribution in [0.5, 0.6) is 11.5 Å². The molecule has 0 aliphatic rings. The third kappa shape index (κ3) is 8.38. The average Bonchev–Trinajstić information content (AvgIpc) is 2.72. The Morgan fingerprint density at radius 1 is 0.514 bits per heavy atom. The van der Waals surface area contributed by atoms with Gasteiger partial charge in [0.05, 0.1) is 0 Å². The zero-order valence-electron chi connectivity index (χ0n) is 20.0. The van der Waals surface area contributed by atoms with Crippen molar-refractivity contribution in [3.63, 3.8) is 0 Å². The van der Waals surface area contributed by atoms with Gasteiger partial charge < -0.3 is 17.7 Å². The summed E-state index contributed by atoms with van der Waals surface area (Å²) in [5, 5.41) is 1.66. The molecule has 4 nitrogen and oxygen atoms in total. The second kappa shape index (κ2) is 11.2. The van der Waals surface area contributed by atoms with Crippen LogP contribution in [0, 0.1) is 0 Å². The van der Waals surface area contributed by atoms with E-state index in [0.29, 0.717) is 0 Å². The Bertz CT molecular complexity index is 994. The molecule has 0 radical (unpaired) electrons. The van der Waals surface area contributed by atoms with Gasteiger partial charge >= 0.3 is 32.7 Å². The molecule has 0 saturated heterocycles. The van der Waals surface area contributed by atoms with E-state index in [1.807, 2.05) is 39.3 Å². The van der Waals surface area contributed by atoms with E-state index in [4.69, 9.17) is 8.23 Å². The van der Waals surface area contributed by atoms with E-state index in [2.05, 4.69) is 9.47 Å². The van der Waals surface area contributed by atoms with E-state index in [1.165, 1.54) is 24.3 Å². The molecule has 0 aromatic heterocycles. The second-order valence-electron chi connectivity index (χ2n) is 8.95. The van der Waals surface area contributed by atoms with Crippen molar-refractivity contribution in [3.8, 4) is 11.5 Å². The van der Waals surface area contributed by atoms with Gasteiger partial charge in [-0.1, -0.05) is 24.3 Å². The van der Waals surface area contributed by atoms with Gasteiger partial charge in [-0.2, -0.15) is 26.3 Å². The Morgan fingerprint density at radius 3 is 1.06 bits per heavy atom. The zero-order valence-corrected chi connectivity index (χ0v) is 23.0. The maximum Gasteiger partial charge on any atom is 0.344 e. The number of halogens is 6. The van der Waals surface area contributed by atoms with Gasteiger partial charge in [-0.15, -0.1) is 0 Å². The molecule has 0 fully saturated rings. The largest absolute Gasteiger partial charge is 0.433 e. The molecular weight excluding hydrogens is 526 g/mol. The molecule has 0 aliphatic heterocycles. The van der Waals surface area contributed by atoms with Crippen molar-refractivity contribution in [3.05, 3.63) is 72.7 Å². The summed E-state index contributed by atoms with van der Waals surface area (Å²) in [6.45, 7) is 11.6. The van der Waals surface area contributed by atoms with Gasteiger partial charge in [0.15, 0.2) is 0 Å². The Balaban J connectivity index is 2.12. The van der Waals surface area contributed by atoms with Crippen molar-refractivity contribution in [2.45, 2.75) is 39.3 Å². The predicted octanol–water partition coefficient (Wildman–Crippen LogP) is 6.77. The number of ether oxygens (including phenoxy) is 2. The Labute approximate surface area is 203 Å². The monoisotopic (exact) mass is 552 g/mol. The number of benzene rings is 2. The molecule has 0 spiro atoms. The van der Waals surface area contributed by atoms with Gasteiger partial charge in [0.25, 0.3) is 0 Å². The fourth-order valence-electron chi connectivity index (χ4n) is 3.50. The van der Waals surface area contributed by atoms with Crippen LogP contribution >= 0.6 is 0 Å². The van der Waals surface area contributed by atoms with Crippen molar-refractivity contribution < 1.29 is 44.0 Å². The smallest absolute Gasteiger partial charge is 0.344 e. The molecular formula is C22H26F6O4Si3. The van der Waals surface area contributed by atoms with Crippen molar-refractivity contribution in [1.29, 1.82) is 0 Å². The molecule has 192 valence electrons.